The zero-order valence-corrected chi connectivity index (χ0v) is 20.3. The summed E-state index contributed by atoms with van der Waals surface area (Å²) < 4.78 is 13.9. The number of rotatable bonds is 6. The minimum atomic E-state index is -0.251. The minimum absolute atomic E-state index is 0.239. The zero-order valence-electron chi connectivity index (χ0n) is 19.6. The number of halogens is 2. The van der Waals surface area contributed by atoms with Crippen molar-refractivity contribution in [3.8, 4) is 0 Å². The fraction of sp³-hybridized carbons (Fsp3) is 0.370. The van der Waals surface area contributed by atoms with Crippen LogP contribution in [0.1, 0.15) is 68.3 Å². The Balaban J connectivity index is 0.000000454. The molecular weight excluding hydrogens is 435 g/mol. The van der Waals surface area contributed by atoms with Gasteiger partial charge in [-0.2, -0.15) is 0 Å². The molecule has 1 atom stereocenters. The lowest BCUT2D eigenvalue weighted by Crippen LogP contribution is -2.33. The van der Waals surface area contributed by atoms with Gasteiger partial charge in [-0.3, -0.25) is 0 Å². The fourth-order valence-electron chi connectivity index (χ4n) is 4.06. The standard InChI is InChI=1S/C22H21ClFN3.C5H13N/c1-13-15(8-5-11-19(13)24)14(2)25-22-17-9-6-12-20(17)26-21(27-22)16-7-3-4-10-18(16)23;1-2-3-4-5-6/h3-5,7-8,10-11,21,26H,2,6,9,12H2,1H3,(H,25,27);2-6H2,1H3. The van der Waals surface area contributed by atoms with Crippen molar-refractivity contribution >= 4 is 23.1 Å². The quantitative estimate of drug-likeness (QED) is 0.417. The van der Waals surface area contributed by atoms with Crippen LogP contribution in [-0.2, 0) is 0 Å². The van der Waals surface area contributed by atoms with Gasteiger partial charge in [-0.05, 0) is 56.8 Å². The summed E-state index contributed by atoms with van der Waals surface area (Å²) in [6.45, 7) is 8.91. The van der Waals surface area contributed by atoms with Crippen LogP contribution in [0.25, 0.3) is 5.70 Å². The van der Waals surface area contributed by atoms with Crippen LogP contribution in [-0.4, -0.2) is 12.4 Å². The van der Waals surface area contributed by atoms with E-state index in [1.165, 1.54) is 36.6 Å². The summed E-state index contributed by atoms with van der Waals surface area (Å²) in [7, 11) is 0. The van der Waals surface area contributed by atoms with Crippen molar-refractivity contribution in [3.63, 3.8) is 0 Å². The predicted molar refractivity (Wildman–Crippen MR) is 138 cm³/mol. The normalized spacial score (nSPS) is 16.9. The SMILES string of the molecule is C=C(NC1=NC(c2ccccc2Cl)NC2=C1CCC2)c1cccc(F)c1C.CCCCCN. The van der Waals surface area contributed by atoms with Gasteiger partial charge in [0.25, 0.3) is 0 Å². The Morgan fingerprint density at radius 2 is 2.00 bits per heavy atom. The van der Waals surface area contributed by atoms with E-state index in [9.17, 15) is 4.39 Å². The molecule has 0 bridgehead atoms. The zero-order chi connectivity index (χ0) is 23.8. The molecule has 2 aromatic rings. The molecule has 0 saturated heterocycles. The van der Waals surface area contributed by atoms with Gasteiger partial charge in [0.1, 0.15) is 17.8 Å². The highest BCUT2D eigenvalue weighted by Crippen LogP contribution is 2.34. The third-order valence-corrected chi connectivity index (χ3v) is 6.29. The highest BCUT2D eigenvalue weighted by atomic mass is 35.5. The topological polar surface area (TPSA) is 62.4 Å². The lowest BCUT2D eigenvalue weighted by molar-refractivity contribution is 0.601. The van der Waals surface area contributed by atoms with Crippen molar-refractivity contribution in [1.29, 1.82) is 0 Å². The number of hydrogen-bond acceptors (Lipinski definition) is 4. The first-order chi connectivity index (χ1) is 16.0. The average molecular weight is 469 g/mol. The third-order valence-electron chi connectivity index (χ3n) is 5.94. The summed E-state index contributed by atoms with van der Waals surface area (Å²) in [5.74, 6) is 0.553. The molecule has 4 nitrogen and oxygen atoms in total. The van der Waals surface area contributed by atoms with Crippen molar-refractivity contribution in [2.45, 2.75) is 58.5 Å². The molecule has 2 aliphatic rings. The summed E-state index contributed by atoms with van der Waals surface area (Å²) in [6.07, 6.45) is 6.53. The molecule has 4 N–H and O–H groups in total. The average Bonchev–Trinajstić information content (AvgIpc) is 3.29. The van der Waals surface area contributed by atoms with E-state index in [1.54, 1.807) is 13.0 Å². The number of nitrogens with zero attached hydrogens (tertiary/aromatic N) is 1. The molecule has 0 amide bonds. The van der Waals surface area contributed by atoms with Crippen LogP contribution >= 0.6 is 11.6 Å². The largest absolute Gasteiger partial charge is 0.363 e. The molecule has 4 rings (SSSR count). The van der Waals surface area contributed by atoms with E-state index in [1.807, 2.05) is 30.3 Å². The molecule has 1 unspecified atom stereocenters. The molecule has 2 aromatic carbocycles. The Kier molecular flexibility index (Phi) is 9.10. The van der Waals surface area contributed by atoms with E-state index in [2.05, 4.69) is 24.1 Å². The summed E-state index contributed by atoms with van der Waals surface area (Å²) in [4.78, 5) is 4.87. The number of unbranched alkanes of at least 4 members (excludes halogenated alkanes) is 2. The first kappa shape index (κ1) is 25.0. The summed E-state index contributed by atoms with van der Waals surface area (Å²) in [6, 6.07) is 12.7. The Labute approximate surface area is 201 Å². The second kappa shape index (κ2) is 12.0. The van der Waals surface area contributed by atoms with Gasteiger partial charge in [0, 0.05) is 33.1 Å². The molecule has 176 valence electrons. The van der Waals surface area contributed by atoms with Gasteiger partial charge in [0.05, 0.1) is 0 Å². The van der Waals surface area contributed by atoms with Gasteiger partial charge in [0.15, 0.2) is 0 Å². The molecule has 6 heteroatoms. The van der Waals surface area contributed by atoms with Crippen LogP contribution in [0.15, 0.2) is 65.3 Å². The van der Waals surface area contributed by atoms with E-state index in [0.29, 0.717) is 16.3 Å². The first-order valence-corrected chi connectivity index (χ1v) is 12.1. The Bertz CT molecular complexity index is 1040. The van der Waals surface area contributed by atoms with Crippen LogP contribution < -0.4 is 16.4 Å². The van der Waals surface area contributed by atoms with Crippen LogP contribution in [0.4, 0.5) is 4.39 Å². The number of amidine groups is 1. The number of nitrogens with one attached hydrogen (secondary N) is 2. The molecule has 1 aliphatic carbocycles. The van der Waals surface area contributed by atoms with E-state index in [0.717, 1.165) is 42.8 Å². The Morgan fingerprint density at radius 1 is 1.21 bits per heavy atom. The lowest BCUT2D eigenvalue weighted by Gasteiger charge is -2.27. The smallest absolute Gasteiger partial charge is 0.148 e. The second-order valence-corrected chi connectivity index (χ2v) is 8.78. The van der Waals surface area contributed by atoms with Crippen molar-refractivity contribution in [1.82, 2.24) is 10.6 Å². The second-order valence-electron chi connectivity index (χ2n) is 8.37. The maximum absolute atomic E-state index is 13.9. The van der Waals surface area contributed by atoms with Crippen LogP contribution in [0.5, 0.6) is 0 Å². The molecule has 1 heterocycles. The van der Waals surface area contributed by atoms with Gasteiger partial charge in [0.2, 0.25) is 0 Å². The summed E-state index contributed by atoms with van der Waals surface area (Å²) in [5.41, 5.74) is 10.5. The van der Waals surface area contributed by atoms with Crippen molar-refractivity contribution in [3.05, 3.63) is 87.8 Å². The maximum atomic E-state index is 13.9. The van der Waals surface area contributed by atoms with Crippen LogP contribution in [0.2, 0.25) is 5.02 Å². The predicted octanol–water partition coefficient (Wildman–Crippen LogP) is 6.62. The van der Waals surface area contributed by atoms with Gasteiger partial charge >= 0.3 is 0 Å². The molecule has 0 spiro atoms. The molecule has 0 fully saturated rings. The fourth-order valence-corrected chi connectivity index (χ4v) is 4.30. The van der Waals surface area contributed by atoms with Gasteiger partial charge in [-0.25, -0.2) is 9.38 Å². The Hall–Kier alpha value is -2.63. The third kappa shape index (κ3) is 6.24. The van der Waals surface area contributed by atoms with Crippen LogP contribution in [0.3, 0.4) is 0 Å². The number of benzene rings is 2. The number of nitrogens with two attached hydrogens (primary N) is 1. The highest BCUT2D eigenvalue weighted by Gasteiger charge is 2.28. The van der Waals surface area contributed by atoms with Crippen molar-refractivity contribution < 1.29 is 4.39 Å². The molecule has 33 heavy (non-hydrogen) atoms. The monoisotopic (exact) mass is 468 g/mol. The van der Waals surface area contributed by atoms with E-state index < -0.39 is 0 Å². The van der Waals surface area contributed by atoms with E-state index >= 15 is 0 Å². The van der Waals surface area contributed by atoms with E-state index in [-0.39, 0.29) is 12.0 Å². The molecule has 0 radical (unpaired) electrons. The molecule has 1 aliphatic heterocycles. The summed E-state index contributed by atoms with van der Waals surface area (Å²) >= 11 is 6.38. The van der Waals surface area contributed by atoms with Gasteiger partial charge < -0.3 is 16.4 Å². The maximum Gasteiger partial charge on any atom is 0.148 e. The molecule has 0 aromatic heterocycles. The van der Waals surface area contributed by atoms with Crippen molar-refractivity contribution in [2.24, 2.45) is 10.7 Å². The number of aliphatic imine (C=N–C) groups is 1. The van der Waals surface area contributed by atoms with E-state index in [4.69, 9.17) is 22.3 Å². The van der Waals surface area contributed by atoms with Gasteiger partial charge in [-0.15, -0.1) is 0 Å². The first-order valence-electron chi connectivity index (χ1n) is 11.7. The number of allylic oxidation sites excluding steroid dienone is 1. The highest BCUT2D eigenvalue weighted by molar-refractivity contribution is 6.31. The minimum Gasteiger partial charge on any atom is -0.363 e. The molecular formula is C27H34ClFN4. The van der Waals surface area contributed by atoms with Crippen LogP contribution in [0, 0.1) is 12.7 Å². The Morgan fingerprint density at radius 3 is 2.70 bits per heavy atom. The summed E-state index contributed by atoms with van der Waals surface area (Å²) in [5, 5.41) is 7.54. The molecule has 0 saturated carbocycles. The van der Waals surface area contributed by atoms with Crippen molar-refractivity contribution in [2.75, 3.05) is 6.54 Å². The van der Waals surface area contributed by atoms with Gasteiger partial charge in [-0.1, -0.05) is 68.3 Å². The lowest BCUT2D eigenvalue weighted by atomic mass is 10.0. The number of hydrogen-bond donors (Lipinski definition) is 3.